The van der Waals surface area contributed by atoms with Crippen molar-refractivity contribution in [1.82, 2.24) is 5.32 Å². The van der Waals surface area contributed by atoms with Crippen LogP contribution >= 0.6 is 11.6 Å². The third kappa shape index (κ3) is 3.60. The molecule has 0 unspecified atom stereocenters. The zero-order chi connectivity index (χ0) is 25.1. The van der Waals surface area contributed by atoms with E-state index in [0.717, 1.165) is 12.1 Å². The summed E-state index contributed by atoms with van der Waals surface area (Å²) in [6, 6.07) is 12.1. The van der Waals surface area contributed by atoms with E-state index in [9.17, 15) is 32.3 Å². The zero-order valence-electron chi connectivity index (χ0n) is 17.7. The van der Waals surface area contributed by atoms with Gasteiger partial charge in [-0.2, -0.15) is 13.2 Å². The number of carbonyl (C=O) groups excluding carboxylic acids is 2. The van der Waals surface area contributed by atoms with Gasteiger partial charge in [0, 0.05) is 27.4 Å². The Morgan fingerprint density at radius 3 is 2.60 bits per heavy atom. The third-order valence-corrected chi connectivity index (χ3v) is 6.51. The fourth-order valence-electron chi connectivity index (χ4n) is 4.49. The summed E-state index contributed by atoms with van der Waals surface area (Å²) in [5.74, 6) is -1.39. The standard InChI is InChI=1S/C24H16ClF4N3O3/c25-16-6-2-1-4-13(16)20-19-14(21(33)31-20)5-3-7-17(19)30-22(34)32-11-23(35,24(27,28)29)15-10-12(26)8-9-18(15)32/h1-10,20,35H,11H2,(H,30,34)(H,31,33)/t20-,23+/m1/s1. The highest BCUT2D eigenvalue weighted by Crippen LogP contribution is 2.49. The highest BCUT2D eigenvalue weighted by Gasteiger charge is 2.61. The van der Waals surface area contributed by atoms with Gasteiger partial charge in [0.1, 0.15) is 5.82 Å². The monoisotopic (exact) mass is 505 g/mol. The third-order valence-electron chi connectivity index (χ3n) is 6.17. The molecule has 0 fully saturated rings. The maximum atomic E-state index is 13.7. The number of amides is 3. The number of rotatable bonds is 2. The number of alkyl halides is 3. The smallest absolute Gasteiger partial charge is 0.375 e. The van der Waals surface area contributed by atoms with Crippen LogP contribution < -0.4 is 15.5 Å². The molecule has 2 heterocycles. The van der Waals surface area contributed by atoms with Crippen molar-refractivity contribution in [1.29, 1.82) is 0 Å². The molecule has 2 atom stereocenters. The zero-order valence-corrected chi connectivity index (χ0v) is 18.4. The molecule has 0 saturated heterocycles. The first-order chi connectivity index (χ1) is 16.5. The van der Waals surface area contributed by atoms with Gasteiger partial charge in [-0.05, 0) is 42.0 Å². The second kappa shape index (κ2) is 7.96. The Morgan fingerprint density at radius 2 is 1.89 bits per heavy atom. The number of anilines is 2. The summed E-state index contributed by atoms with van der Waals surface area (Å²) in [4.78, 5) is 26.4. The summed E-state index contributed by atoms with van der Waals surface area (Å²) in [6.45, 7) is -1.17. The van der Waals surface area contributed by atoms with Gasteiger partial charge in [-0.1, -0.05) is 35.9 Å². The number of carbonyl (C=O) groups is 2. The van der Waals surface area contributed by atoms with Gasteiger partial charge in [0.2, 0.25) is 5.60 Å². The number of hydrogen-bond donors (Lipinski definition) is 3. The van der Waals surface area contributed by atoms with Crippen LogP contribution in [-0.2, 0) is 5.60 Å². The van der Waals surface area contributed by atoms with E-state index in [1.165, 1.54) is 12.1 Å². The molecular formula is C24H16ClF4N3O3. The molecule has 3 N–H and O–H groups in total. The molecule has 3 aromatic carbocycles. The molecule has 5 rings (SSSR count). The van der Waals surface area contributed by atoms with Crippen LogP contribution in [0.3, 0.4) is 0 Å². The first-order valence-corrected chi connectivity index (χ1v) is 10.7. The second-order valence-corrected chi connectivity index (χ2v) is 8.64. The molecule has 3 aromatic rings. The van der Waals surface area contributed by atoms with Crippen LogP contribution in [0.15, 0.2) is 60.7 Å². The van der Waals surface area contributed by atoms with Crippen LogP contribution in [0, 0.1) is 5.82 Å². The number of fused-ring (bicyclic) bond motifs is 2. The van der Waals surface area contributed by atoms with Crippen LogP contribution in [0.25, 0.3) is 0 Å². The number of halogens is 5. The minimum atomic E-state index is -5.16. The lowest BCUT2D eigenvalue weighted by Gasteiger charge is -2.27. The number of benzene rings is 3. The number of aliphatic hydroxyl groups is 1. The minimum absolute atomic E-state index is 0.168. The predicted octanol–water partition coefficient (Wildman–Crippen LogP) is 5.11. The van der Waals surface area contributed by atoms with Gasteiger partial charge in [0.05, 0.1) is 18.3 Å². The summed E-state index contributed by atoms with van der Waals surface area (Å²) >= 11 is 6.31. The topological polar surface area (TPSA) is 81.7 Å². The molecular weight excluding hydrogens is 490 g/mol. The van der Waals surface area contributed by atoms with E-state index in [0.29, 0.717) is 27.1 Å². The Bertz CT molecular complexity index is 1380. The Morgan fingerprint density at radius 1 is 1.14 bits per heavy atom. The molecule has 6 nitrogen and oxygen atoms in total. The maximum absolute atomic E-state index is 13.7. The van der Waals surface area contributed by atoms with Crippen molar-refractivity contribution in [2.24, 2.45) is 0 Å². The van der Waals surface area contributed by atoms with Gasteiger partial charge in [0.25, 0.3) is 5.91 Å². The van der Waals surface area contributed by atoms with E-state index in [2.05, 4.69) is 10.6 Å². The number of nitrogens with zero attached hydrogens (tertiary/aromatic N) is 1. The molecule has 0 saturated carbocycles. The molecule has 0 radical (unpaired) electrons. The quantitative estimate of drug-likeness (QED) is 0.423. The number of urea groups is 1. The first-order valence-electron chi connectivity index (χ1n) is 10.4. The van der Waals surface area contributed by atoms with Gasteiger partial charge in [-0.3, -0.25) is 9.69 Å². The van der Waals surface area contributed by atoms with E-state index in [4.69, 9.17) is 11.6 Å². The van der Waals surface area contributed by atoms with E-state index in [1.54, 1.807) is 30.3 Å². The van der Waals surface area contributed by atoms with Crippen molar-refractivity contribution < 1.29 is 32.3 Å². The molecule has 0 spiro atoms. The molecule has 35 heavy (non-hydrogen) atoms. The number of nitrogens with one attached hydrogen (secondary N) is 2. The Kier molecular flexibility index (Phi) is 5.26. The fourth-order valence-corrected chi connectivity index (χ4v) is 4.73. The van der Waals surface area contributed by atoms with Crippen molar-refractivity contribution in [3.63, 3.8) is 0 Å². The van der Waals surface area contributed by atoms with E-state index in [-0.39, 0.29) is 16.9 Å². The molecule has 0 bridgehead atoms. The van der Waals surface area contributed by atoms with Crippen molar-refractivity contribution >= 4 is 34.9 Å². The fraction of sp³-hybridized carbons (Fsp3) is 0.167. The SMILES string of the molecule is O=C1N[C@H](c2ccccc2Cl)c2c(NC(=O)N3C[C@@](O)(C(F)(F)F)c4cc(F)ccc43)cccc21. The second-order valence-electron chi connectivity index (χ2n) is 8.23. The predicted molar refractivity (Wildman–Crippen MR) is 120 cm³/mol. The van der Waals surface area contributed by atoms with E-state index >= 15 is 0 Å². The highest BCUT2D eigenvalue weighted by atomic mass is 35.5. The van der Waals surface area contributed by atoms with Crippen molar-refractivity contribution in [3.8, 4) is 0 Å². The Hall–Kier alpha value is -3.63. The summed E-state index contributed by atoms with van der Waals surface area (Å²) in [6.07, 6.45) is -5.16. The van der Waals surface area contributed by atoms with E-state index < -0.39 is 47.7 Å². The van der Waals surface area contributed by atoms with Gasteiger partial charge < -0.3 is 15.7 Å². The summed E-state index contributed by atoms with van der Waals surface area (Å²) in [7, 11) is 0. The summed E-state index contributed by atoms with van der Waals surface area (Å²) in [5, 5.41) is 16.1. The summed E-state index contributed by atoms with van der Waals surface area (Å²) < 4.78 is 54.9. The average Bonchev–Trinajstić information content (AvgIpc) is 3.30. The average molecular weight is 506 g/mol. The lowest BCUT2D eigenvalue weighted by molar-refractivity contribution is -0.258. The highest BCUT2D eigenvalue weighted by molar-refractivity contribution is 6.31. The van der Waals surface area contributed by atoms with Crippen molar-refractivity contribution in [3.05, 3.63) is 93.8 Å². The van der Waals surface area contributed by atoms with Gasteiger partial charge >= 0.3 is 12.2 Å². The number of hydrogen-bond acceptors (Lipinski definition) is 3. The normalized spacial score (nSPS) is 20.9. The van der Waals surface area contributed by atoms with Crippen LogP contribution in [0.2, 0.25) is 5.02 Å². The lowest BCUT2D eigenvalue weighted by atomic mass is 9.95. The molecule has 0 aliphatic carbocycles. The molecule has 2 aliphatic heterocycles. The van der Waals surface area contributed by atoms with Crippen LogP contribution in [0.4, 0.5) is 33.7 Å². The van der Waals surface area contributed by atoms with E-state index in [1.807, 2.05) is 0 Å². The molecule has 2 aliphatic rings. The van der Waals surface area contributed by atoms with Crippen LogP contribution in [-0.4, -0.2) is 29.8 Å². The van der Waals surface area contributed by atoms with Gasteiger partial charge in [-0.25, -0.2) is 9.18 Å². The molecule has 11 heteroatoms. The first kappa shape index (κ1) is 23.1. The maximum Gasteiger partial charge on any atom is 0.423 e. The lowest BCUT2D eigenvalue weighted by Crippen LogP contribution is -2.48. The molecule has 180 valence electrons. The van der Waals surface area contributed by atoms with Crippen LogP contribution in [0.5, 0.6) is 0 Å². The number of β-amino-alcohol motifs (C(OH)–C–C–N with tert-alkyl or cyclic N) is 1. The van der Waals surface area contributed by atoms with Gasteiger partial charge in [0.15, 0.2) is 0 Å². The Balaban J connectivity index is 1.53. The minimum Gasteiger partial charge on any atom is -0.375 e. The summed E-state index contributed by atoms with van der Waals surface area (Å²) in [5.41, 5.74) is -3.10. The van der Waals surface area contributed by atoms with Gasteiger partial charge in [-0.15, -0.1) is 0 Å². The van der Waals surface area contributed by atoms with Crippen LogP contribution in [0.1, 0.15) is 33.1 Å². The van der Waals surface area contributed by atoms with Crippen molar-refractivity contribution in [2.45, 2.75) is 17.8 Å². The largest absolute Gasteiger partial charge is 0.423 e. The van der Waals surface area contributed by atoms with Crippen molar-refractivity contribution in [2.75, 3.05) is 16.8 Å². The molecule has 3 amide bonds. The molecule has 0 aromatic heterocycles. The Labute approximate surface area is 201 Å².